The van der Waals surface area contributed by atoms with Gasteiger partial charge in [-0.2, -0.15) is 0 Å². The predicted octanol–water partition coefficient (Wildman–Crippen LogP) is 3.33. The van der Waals surface area contributed by atoms with Crippen LogP contribution in [0.25, 0.3) is 0 Å². The van der Waals surface area contributed by atoms with Gasteiger partial charge in [-0.05, 0) is 31.5 Å². The number of alkyl halides is 1. The van der Waals surface area contributed by atoms with Gasteiger partial charge in [-0.3, -0.25) is 0 Å². The lowest BCUT2D eigenvalue weighted by Gasteiger charge is -2.37. The Labute approximate surface area is 110 Å². The molecule has 17 heavy (non-hydrogen) atoms. The van der Waals surface area contributed by atoms with Crippen molar-refractivity contribution in [2.24, 2.45) is 0 Å². The van der Waals surface area contributed by atoms with Crippen LogP contribution >= 0.6 is 15.9 Å². The summed E-state index contributed by atoms with van der Waals surface area (Å²) in [4.78, 5) is 2.06. The van der Waals surface area contributed by atoms with E-state index < -0.39 is 0 Å². The number of benzene rings is 1. The molecule has 0 aromatic heterocycles. The number of hydrogen-bond donors (Lipinski definition) is 0. The van der Waals surface area contributed by atoms with Gasteiger partial charge in [0.05, 0.1) is 17.9 Å². The number of morpholine rings is 1. The molecule has 2 atom stereocenters. The lowest BCUT2D eigenvalue weighted by atomic mass is 10.1. The van der Waals surface area contributed by atoms with Crippen LogP contribution in [0.1, 0.15) is 19.4 Å². The van der Waals surface area contributed by atoms with Gasteiger partial charge in [-0.1, -0.05) is 22.0 Å². The quantitative estimate of drug-likeness (QED) is 0.777. The third-order valence-electron chi connectivity index (χ3n) is 2.93. The van der Waals surface area contributed by atoms with Crippen LogP contribution in [0, 0.1) is 5.82 Å². The minimum atomic E-state index is -0.150. The first kappa shape index (κ1) is 12.8. The zero-order valence-corrected chi connectivity index (χ0v) is 11.7. The first-order valence-corrected chi connectivity index (χ1v) is 6.97. The summed E-state index contributed by atoms with van der Waals surface area (Å²) in [5, 5.41) is 0.681. The molecule has 1 fully saturated rings. The van der Waals surface area contributed by atoms with E-state index in [1.165, 1.54) is 0 Å². The molecule has 1 aromatic carbocycles. The van der Waals surface area contributed by atoms with Crippen LogP contribution in [-0.2, 0) is 10.1 Å². The number of rotatable bonds is 2. The molecule has 1 saturated heterocycles. The molecule has 0 amide bonds. The summed E-state index contributed by atoms with van der Waals surface area (Å²) >= 11 is 3.33. The smallest absolute Gasteiger partial charge is 0.146 e. The summed E-state index contributed by atoms with van der Waals surface area (Å²) in [7, 11) is 0. The van der Waals surface area contributed by atoms with Crippen molar-refractivity contribution in [1.82, 2.24) is 0 Å². The largest absolute Gasteiger partial charge is 0.372 e. The summed E-state index contributed by atoms with van der Waals surface area (Å²) in [6.07, 6.45) is 0.294. The first-order chi connectivity index (χ1) is 8.10. The Bertz CT molecular complexity index is 389. The molecule has 1 aromatic rings. The molecule has 1 aliphatic heterocycles. The highest BCUT2D eigenvalue weighted by atomic mass is 79.9. The fraction of sp³-hybridized carbons (Fsp3) is 0.538. The molecular formula is C13H17BrFNO. The Morgan fingerprint density at radius 2 is 2.00 bits per heavy atom. The van der Waals surface area contributed by atoms with Gasteiger partial charge in [0.1, 0.15) is 5.82 Å². The highest BCUT2D eigenvalue weighted by Gasteiger charge is 2.24. The maximum atomic E-state index is 14.0. The molecule has 4 heteroatoms. The number of halogens is 2. The van der Waals surface area contributed by atoms with Crippen LogP contribution in [0.15, 0.2) is 18.2 Å². The van der Waals surface area contributed by atoms with Crippen molar-refractivity contribution in [3.05, 3.63) is 29.6 Å². The van der Waals surface area contributed by atoms with Gasteiger partial charge >= 0.3 is 0 Å². The molecule has 94 valence electrons. The maximum Gasteiger partial charge on any atom is 0.146 e. The zero-order chi connectivity index (χ0) is 12.4. The van der Waals surface area contributed by atoms with Crippen molar-refractivity contribution in [3.63, 3.8) is 0 Å². The maximum absolute atomic E-state index is 14.0. The van der Waals surface area contributed by atoms with Crippen LogP contribution in [0.2, 0.25) is 0 Å². The minimum Gasteiger partial charge on any atom is -0.372 e. The van der Waals surface area contributed by atoms with E-state index in [0.717, 1.165) is 18.7 Å². The Morgan fingerprint density at radius 3 is 2.53 bits per heavy atom. The fourth-order valence-electron chi connectivity index (χ4n) is 2.26. The van der Waals surface area contributed by atoms with Gasteiger partial charge in [0.15, 0.2) is 0 Å². The summed E-state index contributed by atoms with van der Waals surface area (Å²) in [6.45, 7) is 5.53. The average molecular weight is 302 g/mol. The number of anilines is 1. The molecule has 0 aliphatic carbocycles. The summed E-state index contributed by atoms with van der Waals surface area (Å²) < 4.78 is 19.6. The minimum absolute atomic E-state index is 0.147. The normalized spacial score (nSPS) is 25.1. The number of ether oxygens (including phenoxy) is 1. The van der Waals surface area contributed by atoms with Crippen LogP contribution in [0.4, 0.5) is 10.1 Å². The SMILES string of the molecule is C[C@@H]1CN(c2ccc(CBr)cc2F)C[C@H](C)O1. The molecule has 0 spiro atoms. The molecule has 0 unspecified atom stereocenters. The Kier molecular flexibility index (Phi) is 4.05. The van der Waals surface area contributed by atoms with Gasteiger partial charge < -0.3 is 9.64 Å². The van der Waals surface area contributed by atoms with E-state index in [-0.39, 0.29) is 18.0 Å². The predicted molar refractivity (Wildman–Crippen MR) is 71.3 cm³/mol. The van der Waals surface area contributed by atoms with Gasteiger partial charge in [0, 0.05) is 18.4 Å². The average Bonchev–Trinajstić information content (AvgIpc) is 2.27. The van der Waals surface area contributed by atoms with Crippen LogP contribution < -0.4 is 4.90 Å². The van der Waals surface area contributed by atoms with E-state index in [2.05, 4.69) is 20.8 Å². The lowest BCUT2D eigenvalue weighted by Crippen LogP contribution is -2.45. The molecule has 0 bridgehead atoms. The fourth-order valence-corrected chi connectivity index (χ4v) is 2.61. The van der Waals surface area contributed by atoms with Gasteiger partial charge in [0.25, 0.3) is 0 Å². The highest BCUT2D eigenvalue weighted by Crippen LogP contribution is 2.25. The zero-order valence-electron chi connectivity index (χ0n) is 10.1. The summed E-state index contributed by atoms with van der Waals surface area (Å²) in [5.74, 6) is -0.150. The lowest BCUT2D eigenvalue weighted by molar-refractivity contribution is -0.00539. The monoisotopic (exact) mass is 301 g/mol. The standard InChI is InChI=1S/C13H17BrFNO/c1-9-7-16(8-10(2)17-9)13-4-3-11(6-14)5-12(13)15/h3-5,9-10H,6-8H2,1-2H3/t9-,10+. The van der Waals surface area contributed by atoms with Crippen LogP contribution in [0.3, 0.4) is 0 Å². The van der Waals surface area contributed by atoms with E-state index in [1.54, 1.807) is 6.07 Å². The molecule has 0 N–H and O–H groups in total. The van der Waals surface area contributed by atoms with Gasteiger partial charge in [-0.15, -0.1) is 0 Å². The third-order valence-corrected chi connectivity index (χ3v) is 3.57. The second-order valence-electron chi connectivity index (χ2n) is 4.58. The van der Waals surface area contributed by atoms with E-state index in [4.69, 9.17) is 4.74 Å². The second-order valence-corrected chi connectivity index (χ2v) is 5.14. The Hall–Kier alpha value is -0.610. The second kappa shape index (κ2) is 5.36. The molecular weight excluding hydrogens is 285 g/mol. The first-order valence-electron chi connectivity index (χ1n) is 5.85. The molecule has 0 radical (unpaired) electrons. The van der Waals surface area contributed by atoms with Crippen molar-refractivity contribution < 1.29 is 9.13 Å². The van der Waals surface area contributed by atoms with Crippen molar-refractivity contribution in [2.45, 2.75) is 31.4 Å². The van der Waals surface area contributed by atoms with Crippen molar-refractivity contribution in [2.75, 3.05) is 18.0 Å². The molecule has 2 nitrogen and oxygen atoms in total. The Morgan fingerprint density at radius 1 is 1.35 bits per heavy atom. The Balaban J connectivity index is 2.21. The van der Waals surface area contributed by atoms with E-state index in [9.17, 15) is 4.39 Å². The molecule has 0 saturated carbocycles. The molecule has 1 aliphatic rings. The van der Waals surface area contributed by atoms with E-state index in [0.29, 0.717) is 11.0 Å². The topological polar surface area (TPSA) is 12.5 Å². The van der Waals surface area contributed by atoms with Gasteiger partial charge in [0.2, 0.25) is 0 Å². The number of hydrogen-bond acceptors (Lipinski definition) is 2. The number of nitrogens with zero attached hydrogens (tertiary/aromatic N) is 1. The summed E-state index contributed by atoms with van der Waals surface area (Å²) in [5.41, 5.74) is 1.64. The third kappa shape index (κ3) is 2.99. The van der Waals surface area contributed by atoms with Crippen LogP contribution in [0.5, 0.6) is 0 Å². The van der Waals surface area contributed by atoms with Crippen LogP contribution in [-0.4, -0.2) is 25.3 Å². The highest BCUT2D eigenvalue weighted by molar-refractivity contribution is 9.08. The van der Waals surface area contributed by atoms with E-state index in [1.807, 2.05) is 26.0 Å². The molecule has 2 rings (SSSR count). The summed E-state index contributed by atoms with van der Waals surface area (Å²) in [6, 6.07) is 5.41. The van der Waals surface area contributed by atoms with Crippen molar-refractivity contribution >= 4 is 21.6 Å². The van der Waals surface area contributed by atoms with Crippen molar-refractivity contribution in [3.8, 4) is 0 Å². The van der Waals surface area contributed by atoms with E-state index >= 15 is 0 Å². The van der Waals surface area contributed by atoms with Crippen molar-refractivity contribution in [1.29, 1.82) is 0 Å². The van der Waals surface area contributed by atoms with Gasteiger partial charge in [-0.25, -0.2) is 4.39 Å². The molecule has 1 heterocycles.